The second-order valence-corrected chi connectivity index (χ2v) is 7.31. The molecule has 128 valence electrons. The Morgan fingerprint density at radius 3 is 2.62 bits per heavy atom. The summed E-state index contributed by atoms with van der Waals surface area (Å²) in [6, 6.07) is 8.75. The van der Waals surface area contributed by atoms with Crippen molar-refractivity contribution in [1.82, 2.24) is 14.8 Å². The highest BCUT2D eigenvalue weighted by molar-refractivity contribution is 6.00. The molecule has 0 radical (unpaired) electrons. The Morgan fingerprint density at radius 2 is 1.83 bits per heavy atom. The van der Waals surface area contributed by atoms with E-state index >= 15 is 0 Å². The second kappa shape index (κ2) is 7.08. The van der Waals surface area contributed by atoms with E-state index in [1.165, 1.54) is 45.2 Å². The van der Waals surface area contributed by atoms with Gasteiger partial charge in [-0.15, -0.1) is 0 Å². The van der Waals surface area contributed by atoms with Crippen LogP contribution in [0.25, 0.3) is 10.9 Å². The molecule has 4 rings (SSSR count). The van der Waals surface area contributed by atoms with E-state index in [-0.39, 0.29) is 5.78 Å². The number of hydrogen-bond donors (Lipinski definition) is 1. The molecule has 4 heteroatoms. The normalized spacial score (nSPS) is 21.3. The third kappa shape index (κ3) is 3.40. The molecule has 0 atom stereocenters. The van der Waals surface area contributed by atoms with Crippen molar-refractivity contribution < 1.29 is 4.79 Å². The fourth-order valence-electron chi connectivity index (χ4n) is 4.24. The largest absolute Gasteiger partial charge is 0.361 e. The van der Waals surface area contributed by atoms with E-state index < -0.39 is 0 Å². The predicted molar refractivity (Wildman–Crippen MR) is 97.5 cm³/mol. The lowest BCUT2D eigenvalue weighted by molar-refractivity contribution is 0.0775. The van der Waals surface area contributed by atoms with E-state index in [2.05, 4.69) is 14.8 Å². The molecule has 0 amide bonds. The van der Waals surface area contributed by atoms with Crippen LogP contribution >= 0.6 is 0 Å². The fraction of sp³-hybridized carbons (Fsp3) is 0.550. The van der Waals surface area contributed by atoms with Crippen molar-refractivity contribution >= 4 is 16.7 Å². The number of carbonyl (C=O) groups is 1. The Labute approximate surface area is 143 Å². The Kier molecular flexibility index (Phi) is 4.67. The summed E-state index contributed by atoms with van der Waals surface area (Å²) in [7, 11) is 0. The van der Waals surface area contributed by atoms with Gasteiger partial charge in [0.2, 0.25) is 0 Å². The molecule has 0 bridgehead atoms. The number of aromatic nitrogens is 1. The predicted octanol–water partition coefficient (Wildman–Crippen LogP) is 3.30. The number of ketones is 1. The Hall–Kier alpha value is -1.65. The van der Waals surface area contributed by atoms with Crippen molar-refractivity contribution in [2.75, 3.05) is 32.7 Å². The molecule has 1 aromatic carbocycles. The summed E-state index contributed by atoms with van der Waals surface area (Å²) in [5.74, 6) is 0.239. The first-order chi connectivity index (χ1) is 11.8. The zero-order valence-corrected chi connectivity index (χ0v) is 14.3. The molecule has 4 nitrogen and oxygen atoms in total. The summed E-state index contributed by atoms with van der Waals surface area (Å²) in [5, 5.41) is 1.16. The number of nitrogens with one attached hydrogen (secondary N) is 1. The highest BCUT2D eigenvalue weighted by Gasteiger charge is 2.26. The van der Waals surface area contributed by atoms with E-state index in [0.29, 0.717) is 6.54 Å². The lowest BCUT2D eigenvalue weighted by Gasteiger charge is -2.40. The second-order valence-electron chi connectivity index (χ2n) is 7.31. The molecule has 2 aliphatic rings. The molecule has 1 aromatic heterocycles. The van der Waals surface area contributed by atoms with Gasteiger partial charge < -0.3 is 9.88 Å². The fourth-order valence-corrected chi connectivity index (χ4v) is 4.24. The maximum Gasteiger partial charge on any atom is 0.176 e. The van der Waals surface area contributed by atoms with Gasteiger partial charge in [0, 0.05) is 36.4 Å². The molecule has 2 aliphatic heterocycles. The van der Waals surface area contributed by atoms with E-state index in [1.807, 2.05) is 30.5 Å². The molecule has 2 saturated heterocycles. The smallest absolute Gasteiger partial charge is 0.176 e. The molecule has 2 fully saturated rings. The summed E-state index contributed by atoms with van der Waals surface area (Å²) in [4.78, 5) is 20.8. The number of hydrogen-bond acceptors (Lipinski definition) is 3. The summed E-state index contributed by atoms with van der Waals surface area (Å²) in [6.07, 6.45) is 8.46. The zero-order chi connectivity index (χ0) is 16.4. The number of piperidine rings is 2. The molecule has 0 spiro atoms. The van der Waals surface area contributed by atoms with Crippen molar-refractivity contribution in [2.45, 2.75) is 38.1 Å². The first kappa shape index (κ1) is 15.9. The highest BCUT2D eigenvalue weighted by atomic mass is 16.1. The summed E-state index contributed by atoms with van der Waals surface area (Å²) in [5.41, 5.74) is 1.87. The van der Waals surface area contributed by atoms with Crippen molar-refractivity contribution in [3.05, 3.63) is 36.0 Å². The van der Waals surface area contributed by atoms with Gasteiger partial charge >= 0.3 is 0 Å². The van der Waals surface area contributed by atoms with Crippen LogP contribution in [0.3, 0.4) is 0 Å². The van der Waals surface area contributed by atoms with Crippen molar-refractivity contribution in [1.29, 1.82) is 0 Å². The minimum absolute atomic E-state index is 0.239. The maximum absolute atomic E-state index is 12.6. The minimum Gasteiger partial charge on any atom is -0.361 e. The number of aromatic amines is 1. The monoisotopic (exact) mass is 325 g/mol. The van der Waals surface area contributed by atoms with Gasteiger partial charge in [-0.3, -0.25) is 9.69 Å². The minimum atomic E-state index is 0.239. The molecule has 24 heavy (non-hydrogen) atoms. The molecule has 2 aromatic rings. The lowest BCUT2D eigenvalue weighted by Crippen LogP contribution is -2.47. The van der Waals surface area contributed by atoms with Gasteiger partial charge in [0.1, 0.15) is 0 Å². The molecule has 1 N–H and O–H groups in total. The average Bonchev–Trinajstić information content (AvgIpc) is 3.11. The number of fused-ring (bicyclic) bond motifs is 1. The van der Waals surface area contributed by atoms with E-state index in [9.17, 15) is 4.79 Å². The van der Waals surface area contributed by atoms with Crippen LogP contribution in [0.2, 0.25) is 0 Å². The van der Waals surface area contributed by atoms with Crippen LogP contribution in [-0.2, 0) is 0 Å². The summed E-state index contributed by atoms with van der Waals surface area (Å²) >= 11 is 0. The summed E-state index contributed by atoms with van der Waals surface area (Å²) in [6.45, 7) is 5.22. The molecule has 3 heterocycles. The first-order valence-electron chi connectivity index (χ1n) is 9.36. The third-order valence-corrected chi connectivity index (χ3v) is 5.71. The Bertz CT molecular complexity index is 694. The van der Waals surface area contributed by atoms with Crippen LogP contribution in [0, 0.1) is 0 Å². The Balaban J connectivity index is 1.32. The number of Topliss-reactive ketones (excluding diaryl/α,β-unsaturated/α-hetero) is 1. The van der Waals surface area contributed by atoms with Crippen LogP contribution in [-0.4, -0.2) is 59.3 Å². The van der Waals surface area contributed by atoms with Gasteiger partial charge in [-0.05, 0) is 56.3 Å². The first-order valence-corrected chi connectivity index (χ1v) is 9.36. The van der Waals surface area contributed by atoms with Gasteiger partial charge in [-0.1, -0.05) is 18.6 Å². The van der Waals surface area contributed by atoms with Crippen molar-refractivity contribution in [3.63, 3.8) is 0 Å². The quantitative estimate of drug-likeness (QED) is 0.877. The highest BCUT2D eigenvalue weighted by Crippen LogP contribution is 2.21. The van der Waals surface area contributed by atoms with Crippen LogP contribution in [0.1, 0.15) is 42.5 Å². The molecule has 0 unspecified atom stereocenters. The van der Waals surface area contributed by atoms with Crippen LogP contribution in [0.5, 0.6) is 0 Å². The third-order valence-electron chi connectivity index (χ3n) is 5.71. The number of H-pyrrole nitrogens is 1. The molecule has 0 saturated carbocycles. The van der Waals surface area contributed by atoms with Gasteiger partial charge in [-0.2, -0.15) is 0 Å². The van der Waals surface area contributed by atoms with Gasteiger partial charge in [0.25, 0.3) is 0 Å². The number of nitrogens with zero attached hydrogens (tertiary/aromatic N) is 2. The van der Waals surface area contributed by atoms with Crippen molar-refractivity contribution in [2.24, 2.45) is 0 Å². The van der Waals surface area contributed by atoms with E-state index in [1.54, 1.807) is 0 Å². The van der Waals surface area contributed by atoms with Gasteiger partial charge in [0.05, 0.1) is 6.54 Å². The lowest BCUT2D eigenvalue weighted by atomic mass is 9.99. The average molecular weight is 325 g/mol. The summed E-state index contributed by atoms with van der Waals surface area (Å²) < 4.78 is 0. The van der Waals surface area contributed by atoms with Crippen LogP contribution < -0.4 is 0 Å². The van der Waals surface area contributed by atoms with E-state index in [4.69, 9.17) is 0 Å². The van der Waals surface area contributed by atoms with E-state index in [0.717, 1.165) is 35.6 Å². The molecule has 0 aliphatic carbocycles. The zero-order valence-electron chi connectivity index (χ0n) is 14.3. The van der Waals surface area contributed by atoms with Gasteiger partial charge in [0.15, 0.2) is 5.78 Å². The standard InChI is InChI=1S/C20H27N3O/c24-20(17-5-4-16-6-9-21-19(16)14-17)15-22-12-7-18(8-13-22)23-10-2-1-3-11-23/h4-6,9,14,18,21H,1-3,7-8,10-13,15H2. The number of carbonyl (C=O) groups excluding carboxylic acids is 1. The van der Waals surface area contributed by atoms with Crippen LogP contribution in [0.4, 0.5) is 0 Å². The number of likely N-dealkylation sites (tertiary alicyclic amines) is 2. The molecular formula is C20H27N3O. The number of rotatable bonds is 4. The number of benzene rings is 1. The van der Waals surface area contributed by atoms with Gasteiger partial charge in [-0.25, -0.2) is 0 Å². The topological polar surface area (TPSA) is 39.3 Å². The Morgan fingerprint density at radius 1 is 1.04 bits per heavy atom. The maximum atomic E-state index is 12.6. The SMILES string of the molecule is O=C(CN1CCC(N2CCCCC2)CC1)c1ccc2cc[nH]c2c1. The van der Waals surface area contributed by atoms with Crippen LogP contribution in [0.15, 0.2) is 30.5 Å². The molecular weight excluding hydrogens is 298 g/mol. The van der Waals surface area contributed by atoms with Crippen molar-refractivity contribution in [3.8, 4) is 0 Å².